The predicted molar refractivity (Wildman–Crippen MR) is 126 cm³/mol. The Kier molecular flexibility index (Phi) is 17.0. The summed E-state index contributed by atoms with van der Waals surface area (Å²) in [6.07, 6.45) is 2.39. The summed E-state index contributed by atoms with van der Waals surface area (Å²) in [4.78, 5) is 12.8. The Morgan fingerprint density at radius 3 is 1.90 bits per heavy atom. The van der Waals surface area contributed by atoms with E-state index in [0.29, 0.717) is 64.0 Å². The molecule has 1 N–H and O–H groups in total. The molecule has 0 saturated heterocycles. The molecule has 0 spiro atoms. The van der Waals surface area contributed by atoms with E-state index in [1.165, 1.54) is 0 Å². The molecule has 0 fully saturated rings. The van der Waals surface area contributed by atoms with E-state index < -0.39 is 11.0 Å². The number of hydrogen-bond acceptors (Lipinski definition) is 6. The number of amides is 1. The van der Waals surface area contributed by atoms with Gasteiger partial charge in [0, 0.05) is 19.8 Å². The Bertz CT molecular complexity index is 420. The standard InChI is InChI=1S/C23H47NO5S/c1-8-10-20(7)14-29-22(30)11-21(25)24-23(15-26-9-2,16-27-12-18(3)4)17-28-13-19(5)6/h18-20,22,30H,8-17H2,1-7H3,(H,24,25). The molecule has 2 atom stereocenters. The van der Waals surface area contributed by atoms with Gasteiger partial charge < -0.3 is 24.3 Å². The molecule has 180 valence electrons. The maximum absolute atomic E-state index is 12.8. The van der Waals surface area contributed by atoms with Crippen molar-refractivity contribution in [3.8, 4) is 0 Å². The van der Waals surface area contributed by atoms with Crippen molar-refractivity contribution in [1.29, 1.82) is 0 Å². The lowest BCUT2D eigenvalue weighted by molar-refractivity contribution is -0.129. The molecule has 0 bridgehead atoms. The van der Waals surface area contributed by atoms with Crippen LogP contribution in [0.1, 0.15) is 67.7 Å². The van der Waals surface area contributed by atoms with Crippen molar-refractivity contribution >= 4 is 18.5 Å². The first-order valence-corrected chi connectivity index (χ1v) is 12.0. The monoisotopic (exact) mass is 449 g/mol. The van der Waals surface area contributed by atoms with E-state index in [2.05, 4.69) is 59.5 Å². The molecule has 6 nitrogen and oxygen atoms in total. The van der Waals surface area contributed by atoms with Crippen LogP contribution in [0.2, 0.25) is 0 Å². The molecule has 0 aliphatic rings. The molecule has 2 unspecified atom stereocenters. The number of ether oxygens (including phenoxy) is 4. The van der Waals surface area contributed by atoms with E-state index in [1.54, 1.807) is 0 Å². The molecule has 0 heterocycles. The number of nitrogens with one attached hydrogen (secondary N) is 1. The second-order valence-electron chi connectivity index (χ2n) is 9.17. The smallest absolute Gasteiger partial charge is 0.224 e. The van der Waals surface area contributed by atoms with Crippen LogP contribution in [0.4, 0.5) is 0 Å². The zero-order chi connectivity index (χ0) is 23.0. The number of carbonyl (C=O) groups excluding carboxylic acids is 1. The Balaban J connectivity index is 4.98. The predicted octanol–water partition coefficient (Wildman–Crippen LogP) is 4.32. The van der Waals surface area contributed by atoms with Gasteiger partial charge in [-0.15, -0.1) is 12.6 Å². The topological polar surface area (TPSA) is 66.0 Å². The van der Waals surface area contributed by atoms with E-state index in [-0.39, 0.29) is 12.3 Å². The Morgan fingerprint density at radius 1 is 0.900 bits per heavy atom. The summed E-state index contributed by atoms with van der Waals surface area (Å²) >= 11 is 4.45. The van der Waals surface area contributed by atoms with E-state index in [9.17, 15) is 4.79 Å². The number of carbonyl (C=O) groups is 1. The van der Waals surface area contributed by atoms with Crippen molar-refractivity contribution in [3.05, 3.63) is 0 Å². The minimum Gasteiger partial charge on any atom is -0.379 e. The minimum atomic E-state index is -0.736. The van der Waals surface area contributed by atoms with Gasteiger partial charge in [0.2, 0.25) is 5.91 Å². The SMILES string of the molecule is CCCC(C)COC(S)CC(=O)NC(COCC)(COCC(C)C)COCC(C)C. The van der Waals surface area contributed by atoms with Gasteiger partial charge in [0.25, 0.3) is 0 Å². The molecule has 0 aliphatic carbocycles. The lowest BCUT2D eigenvalue weighted by Crippen LogP contribution is -2.59. The fourth-order valence-corrected chi connectivity index (χ4v) is 3.18. The normalized spacial score (nSPS) is 14.3. The Labute approximate surface area is 190 Å². The molecule has 0 aromatic carbocycles. The van der Waals surface area contributed by atoms with Crippen molar-refractivity contribution in [2.24, 2.45) is 17.8 Å². The van der Waals surface area contributed by atoms with Crippen LogP contribution >= 0.6 is 12.6 Å². The van der Waals surface area contributed by atoms with Crippen LogP contribution in [0.15, 0.2) is 0 Å². The van der Waals surface area contributed by atoms with Crippen LogP contribution in [0.25, 0.3) is 0 Å². The van der Waals surface area contributed by atoms with Crippen LogP contribution in [0.5, 0.6) is 0 Å². The van der Waals surface area contributed by atoms with Gasteiger partial charge in [0.05, 0.1) is 32.8 Å². The molecule has 30 heavy (non-hydrogen) atoms. The summed E-state index contributed by atoms with van der Waals surface area (Å²) in [5.41, 5.74) is -1.18. The fraction of sp³-hybridized carbons (Fsp3) is 0.957. The van der Waals surface area contributed by atoms with Crippen LogP contribution in [0, 0.1) is 17.8 Å². The Hall–Kier alpha value is -0.340. The maximum atomic E-state index is 12.8. The van der Waals surface area contributed by atoms with Gasteiger partial charge in [0.15, 0.2) is 0 Å². The average molecular weight is 450 g/mol. The van der Waals surface area contributed by atoms with Crippen LogP contribution in [0.3, 0.4) is 0 Å². The van der Waals surface area contributed by atoms with Crippen molar-refractivity contribution in [1.82, 2.24) is 5.32 Å². The van der Waals surface area contributed by atoms with Gasteiger partial charge in [0.1, 0.15) is 11.0 Å². The van der Waals surface area contributed by atoms with E-state index >= 15 is 0 Å². The highest BCUT2D eigenvalue weighted by atomic mass is 32.1. The maximum Gasteiger partial charge on any atom is 0.224 e. The van der Waals surface area contributed by atoms with E-state index in [0.717, 1.165) is 12.8 Å². The second-order valence-corrected chi connectivity index (χ2v) is 9.75. The molecule has 1 amide bonds. The van der Waals surface area contributed by atoms with Crippen molar-refractivity contribution < 1.29 is 23.7 Å². The summed E-state index contributed by atoms with van der Waals surface area (Å²) in [5, 5.41) is 3.11. The fourth-order valence-electron chi connectivity index (χ4n) is 2.93. The lowest BCUT2D eigenvalue weighted by atomic mass is 10.0. The summed E-state index contributed by atoms with van der Waals surface area (Å²) in [6, 6.07) is 0. The van der Waals surface area contributed by atoms with Gasteiger partial charge in [-0.3, -0.25) is 4.79 Å². The quantitative estimate of drug-likeness (QED) is 0.227. The first-order valence-electron chi connectivity index (χ1n) is 11.5. The second kappa shape index (κ2) is 17.2. The third-order valence-electron chi connectivity index (χ3n) is 4.36. The summed E-state index contributed by atoms with van der Waals surface area (Å²) < 4.78 is 23.3. The molecule has 0 aromatic heterocycles. The Morgan fingerprint density at radius 2 is 1.43 bits per heavy atom. The highest BCUT2D eigenvalue weighted by molar-refractivity contribution is 7.80. The first kappa shape index (κ1) is 29.7. The molecule has 0 aliphatic heterocycles. The van der Waals surface area contributed by atoms with Gasteiger partial charge in [-0.1, -0.05) is 48.0 Å². The molecule has 0 saturated carbocycles. The van der Waals surface area contributed by atoms with Crippen molar-refractivity contribution in [3.63, 3.8) is 0 Å². The summed E-state index contributed by atoms with van der Waals surface area (Å²) in [7, 11) is 0. The zero-order valence-electron chi connectivity index (χ0n) is 20.4. The van der Waals surface area contributed by atoms with Crippen LogP contribution in [-0.4, -0.2) is 63.1 Å². The molecule has 0 radical (unpaired) electrons. The number of hydrogen-bond donors (Lipinski definition) is 2. The number of rotatable bonds is 19. The summed E-state index contributed by atoms with van der Waals surface area (Å²) in [6.45, 7) is 18.0. The third-order valence-corrected chi connectivity index (χ3v) is 4.69. The molecule has 0 rings (SSSR count). The lowest BCUT2D eigenvalue weighted by Gasteiger charge is -2.35. The van der Waals surface area contributed by atoms with E-state index in [4.69, 9.17) is 18.9 Å². The van der Waals surface area contributed by atoms with Gasteiger partial charge >= 0.3 is 0 Å². The molecular formula is C23H47NO5S. The summed E-state index contributed by atoms with van der Waals surface area (Å²) in [5.74, 6) is 1.13. The highest BCUT2D eigenvalue weighted by Crippen LogP contribution is 2.14. The van der Waals surface area contributed by atoms with Crippen molar-refractivity contribution in [2.75, 3.05) is 46.2 Å². The first-order chi connectivity index (χ1) is 14.1. The van der Waals surface area contributed by atoms with E-state index in [1.807, 2.05) is 6.92 Å². The minimum absolute atomic E-state index is 0.140. The van der Waals surface area contributed by atoms with Crippen molar-refractivity contribution in [2.45, 2.75) is 78.7 Å². The zero-order valence-corrected chi connectivity index (χ0v) is 21.3. The molecule has 0 aromatic rings. The number of thiol groups is 1. The third kappa shape index (κ3) is 15.5. The van der Waals surface area contributed by atoms with Gasteiger partial charge in [-0.25, -0.2) is 0 Å². The van der Waals surface area contributed by atoms with Crippen LogP contribution in [-0.2, 0) is 23.7 Å². The average Bonchev–Trinajstić information content (AvgIpc) is 2.64. The van der Waals surface area contributed by atoms with Gasteiger partial charge in [-0.05, 0) is 31.1 Å². The van der Waals surface area contributed by atoms with Crippen LogP contribution < -0.4 is 5.32 Å². The largest absolute Gasteiger partial charge is 0.379 e. The highest BCUT2D eigenvalue weighted by Gasteiger charge is 2.34. The molecule has 7 heteroatoms. The van der Waals surface area contributed by atoms with Gasteiger partial charge in [-0.2, -0.15) is 0 Å². The molecular weight excluding hydrogens is 402 g/mol.